The Bertz CT molecular complexity index is 1250. The number of hydrogen-bond acceptors (Lipinski definition) is 7. The number of fused-ring (bicyclic) bond motifs is 1. The van der Waals surface area contributed by atoms with Crippen LogP contribution in [0.1, 0.15) is 23.6 Å². The number of anilines is 4. The van der Waals surface area contributed by atoms with E-state index in [1.54, 1.807) is 6.20 Å². The van der Waals surface area contributed by atoms with E-state index in [-0.39, 0.29) is 5.91 Å². The summed E-state index contributed by atoms with van der Waals surface area (Å²) in [5, 5.41) is 9.64. The molecule has 1 aliphatic heterocycles. The van der Waals surface area contributed by atoms with E-state index < -0.39 is 0 Å². The maximum absolute atomic E-state index is 12.4. The minimum atomic E-state index is 0.0160. The highest BCUT2D eigenvalue weighted by atomic mass is 16.5. The lowest BCUT2D eigenvalue weighted by Crippen LogP contribution is -2.41. The van der Waals surface area contributed by atoms with Crippen molar-refractivity contribution in [3.05, 3.63) is 77.0 Å². The first kappa shape index (κ1) is 24.0. The van der Waals surface area contributed by atoms with Gasteiger partial charge in [0, 0.05) is 43.8 Å². The summed E-state index contributed by atoms with van der Waals surface area (Å²) < 4.78 is 5.36. The SMILES string of the molecule is CC1=Cc2cc(Nc3ccnc(Nc4cccc(CC(=O)NCCN5CCOCC5)c4)n3)ccc2C1. The van der Waals surface area contributed by atoms with Crippen LogP contribution in [0.25, 0.3) is 6.08 Å². The van der Waals surface area contributed by atoms with Gasteiger partial charge in [-0.3, -0.25) is 9.69 Å². The number of morpholine rings is 1. The van der Waals surface area contributed by atoms with Crippen molar-refractivity contribution in [1.29, 1.82) is 0 Å². The number of benzene rings is 2. The number of carbonyl (C=O) groups is 1. The van der Waals surface area contributed by atoms with Crippen LogP contribution in [0.2, 0.25) is 0 Å². The summed E-state index contributed by atoms with van der Waals surface area (Å²) in [6.45, 7) is 7.03. The molecular formula is C28H32N6O2. The third kappa shape index (κ3) is 6.47. The highest BCUT2D eigenvalue weighted by Gasteiger charge is 2.12. The second kappa shape index (κ2) is 11.3. The topological polar surface area (TPSA) is 91.4 Å². The van der Waals surface area contributed by atoms with Crippen molar-refractivity contribution in [2.24, 2.45) is 0 Å². The first-order valence-corrected chi connectivity index (χ1v) is 12.4. The van der Waals surface area contributed by atoms with Gasteiger partial charge in [-0.2, -0.15) is 4.98 Å². The molecule has 0 atom stereocenters. The molecular weight excluding hydrogens is 452 g/mol. The van der Waals surface area contributed by atoms with Crippen LogP contribution in [-0.2, 0) is 22.4 Å². The van der Waals surface area contributed by atoms with Crippen molar-refractivity contribution in [2.45, 2.75) is 19.8 Å². The maximum Gasteiger partial charge on any atom is 0.229 e. The fraction of sp³-hybridized carbons (Fsp3) is 0.321. The van der Waals surface area contributed by atoms with Crippen LogP contribution in [-0.4, -0.2) is 60.2 Å². The summed E-state index contributed by atoms with van der Waals surface area (Å²) in [6.07, 6.45) is 5.30. The molecule has 0 spiro atoms. The van der Waals surface area contributed by atoms with Crippen molar-refractivity contribution in [3.8, 4) is 0 Å². The third-order valence-electron chi connectivity index (χ3n) is 6.35. The summed E-state index contributed by atoms with van der Waals surface area (Å²) in [7, 11) is 0. The van der Waals surface area contributed by atoms with Crippen molar-refractivity contribution in [3.63, 3.8) is 0 Å². The molecule has 2 aliphatic rings. The molecule has 2 aromatic carbocycles. The van der Waals surface area contributed by atoms with E-state index >= 15 is 0 Å². The Labute approximate surface area is 211 Å². The molecule has 1 amide bonds. The lowest BCUT2D eigenvalue weighted by molar-refractivity contribution is -0.120. The molecule has 8 nitrogen and oxygen atoms in total. The van der Waals surface area contributed by atoms with Gasteiger partial charge in [-0.05, 0) is 60.4 Å². The highest BCUT2D eigenvalue weighted by Crippen LogP contribution is 2.28. The molecule has 8 heteroatoms. The number of aromatic nitrogens is 2. The first-order valence-electron chi connectivity index (χ1n) is 12.4. The second-order valence-corrected chi connectivity index (χ2v) is 9.28. The predicted molar refractivity (Wildman–Crippen MR) is 143 cm³/mol. The zero-order valence-corrected chi connectivity index (χ0v) is 20.6. The average Bonchev–Trinajstić information content (AvgIpc) is 3.24. The van der Waals surface area contributed by atoms with Gasteiger partial charge in [0.15, 0.2) is 0 Å². The maximum atomic E-state index is 12.4. The number of rotatable bonds is 9. The van der Waals surface area contributed by atoms with E-state index in [9.17, 15) is 4.79 Å². The van der Waals surface area contributed by atoms with Gasteiger partial charge in [-0.25, -0.2) is 4.98 Å². The molecule has 186 valence electrons. The van der Waals surface area contributed by atoms with Gasteiger partial charge in [0.1, 0.15) is 5.82 Å². The van der Waals surface area contributed by atoms with Gasteiger partial charge in [0.05, 0.1) is 19.6 Å². The highest BCUT2D eigenvalue weighted by molar-refractivity contribution is 5.79. The van der Waals surface area contributed by atoms with E-state index in [0.29, 0.717) is 24.7 Å². The van der Waals surface area contributed by atoms with Crippen LogP contribution in [0.4, 0.5) is 23.1 Å². The molecule has 0 unspecified atom stereocenters. The molecule has 36 heavy (non-hydrogen) atoms. The van der Waals surface area contributed by atoms with E-state index in [4.69, 9.17) is 4.74 Å². The lowest BCUT2D eigenvalue weighted by atomic mass is 10.1. The second-order valence-electron chi connectivity index (χ2n) is 9.28. The smallest absolute Gasteiger partial charge is 0.229 e. The van der Waals surface area contributed by atoms with Crippen LogP contribution in [0.5, 0.6) is 0 Å². The van der Waals surface area contributed by atoms with Gasteiger partial charge in [-0.1, -0.05) is 29.8 Å². The molecule has 1 aromatic heterocycles. The summed E-state index contributed by atoms with van der Waals surface area (Å²) in [5.41, 5.74) is 6.75. The zero-order valence-electron chi connectivity index (χ0n) is 20.6. The van der Waals surface area contributed by atoms with Crippen LogP contribution in [0, 0.1) is 0 Å². The standard InChI is InChI=1S/C28H32N6O2/c1-20-15-22-5-6-25(19-23(22)16-20)31-26-7-8-30-28(33-26)32-24-4-2-3-21(17-24)18-27(35)29-9-10-34-11-13-36-14-12-34/h2-8,16-17,19H,9-15,18H2,1H3,(H,29,35)(H2,30,31,32,33). The van der Waals surface area contributed by atoms with E-state index in [1.807, 2.05) is 30.3 Å². The van der Waals surface area contributed by atoms with Crippen molar-refractivity contribution in [1.82, 2.24) is 20.2 Å². The van der Waals surface area contributed by atoms with Crippen LogP contribution < -0.4 is 16.0 Å². The first-order chi connectivity index (χ1) is 17.6. The number of carbonyl (C=O) groups excluding carboxylic acids is 1. The van der Waals surface area contributed by atoms with Crippen LogP contribution in [0.3, 0.4) is 0 Å². The van der Waals surface area contributed by atoms with Gasteiger partial charge in [0.25, 0.3) is 0 Å². The Hall–Kier alpha value is -3.75. The molecule has 2 heterocycles. The minimum absolute atomic E-state index is 0.0160. The Morgan fingerprint density at radius 3 is 2.81 bits per heavy atom. The number of hydrogen-bond donors (Lipinski definition) is 3. The molecule has 3 N–H and O–H groups in total. The molecule has 1 saturated heterocycles. The van der Waals surface area contributed by atoms with Crippen molar-refractivity contribution in [2.75, 3.05) is 50.0 Å². The average molecular weight is 485 g/mol. The third-order valence-corrected chi connectivity index (χ3v) is 6.35. The fourth-order valence-electron chi connectivity index (χ4n) is 4.54. The largest absolute Gasteiger partial charge is 0.379 e. The zero-order chi connectivity index (χ0) is 24.7. The number of nitrogens with zero attached hydrogens (tertiary/aromatic N) is 3. The van der Waals surface area contributed by atoms with Crippen LogP contribution in [0.15, 0.2) is 60.3 Å². The Kier molecular flexibility index (Phi) is 7.54. The normalized spacial score (nSPS) is 15.2. The molecule has 3 aromatic rings. The summed E-state index contributed by atoms with van der Waals surface area (Å²) in [4.78, 5) is 23.7. The molecule has 1 fully saturated rings. The molecule has 0 radical (unpaired) electrons. The number of nitrogens with one attached hydrogen (secondary N) is 3. The molecule has 0 saturated carbocycles. The number of allylic oxidation sites excluding steroid dienone is 1. The Morgan fingerprint density at radius 2 is 1.92 bits per heavy atom. The molecule has 5 rings (SSSR count). The quantitative estimate of drug-likeness (QED) is 0.424. The monoisotopic (exact) mass is 484 g/mol. The predicted octanol–water partition coefficient (Wildman–Crippen LogP) is 3.91. The van der Waals surface area contributed by atoms with E-state index in [2.05, 4.69) is 62.0 Å². The van der Waals surface area contributed by atoms with E-state index in [1.165, 1.54) is 16.7 Å². The Balaban J connectivity index is 1.15. The molecule has 1 aliphatic carbocycles. The minimum Gasteiger partial charge on any atom is -0.379 e. The number of amides is 1. The van der Waals surface area contributed by atoms with Gasteiger partial charge >= 0.3 is 0 Å². The van der Waals surface area contributed by atoms with Gasteiger partial charge < -0.3 is 20.7 Å². The van der Waals surface area contributed by atoms with Crippen molar-refractivity contribution < 1.29 is 9.53 Å². The summed E-state index contributed by atoms with van der Waals surface area (Å²) in [6, 6.07) is 16.0. The fourth-order valence-corrected chi connectivity index (χ4v) is 4.54. The summed E-state index contributed by atoms with van der Waals surface area (Å²) >= 11 is 0. The van der Waals surface area contributed by atoms with E-state index in [0.717, 1.165) is 56.2 Å². The van der Waals surface area contributed by atoms with Crippen LogP contribution >= 0.6 is 0 Å². The lowest BCUT2D eigenvalue weighted by Gasteiger charge is -2.26. The number of ether oxygens (including phenoxy) is 1. The van der Waals surface area contributed by atoms with Crippen molar-refractivity contribution >= 4 is 35.1 Å². The van der Waals surface area contributed by atoms with Gasteiger partial charge in [-0.15, -0.1) is 0 Å². The summed E-state index contributed by atoms with van der Waals surface area (Å²) in [5.74, 6) is 1.22. The molecule has 0 bridgehead atoms. The van der Waals surface area contributed by atoms with Gasteiger partial charge in [0.2, 0.25) is 11.9 Å². The Morgan fingerprint density at radius 1 is 1.06 bits per heavy atom.